The fourth-order valence-corrected chi connectivity index (χ4v) is 12.5. The molecule has 5 nitrogen and oxygen atoms in total. The summed E-state index contributed by atoms with van der Waals surface area (Å²) in [5.41, 5.74) is 17.1. The number of fused-ring (bicyclic) bond motifs is 5. The molecule has 0 aliphatic heterocycles. The van der Waals surface area contributed by atoms with Crippen molar-refractivity contribution in [2.45, 2.75) is 64.8 Å². The predicted molar refractivity (Wildman–Crippen MR) is 308 cm³/mol. The van der Waals surface area contributed by atoms with Gasteiger partial charge in [0.25, 0.3) is 0 Å². The second-order valence-electron chi connectivity index (χ2n) is 20.9. The van der Waals surface area contributed by atoms with Crippen LogP contribution < -0.4 is 4.74 Å². The van der Waals surface area contributed by atoms with Crippen molar-refractivity contribution in [1.82, 2.24) is 18.7 Å². The van der Waals surface area contributed by atoms with E-state index in [1.165, 1.54) is 33.4 Å². The van der Waals surface area contributed by atoms with Crippen molar-refractivity contribution >= 4 is 32.8 Å². The summed E-state index contributed by atoms with van der Waals surface area (Å²) in [7, 11) is 0. The SMILES string of the molecule is [2H]C([2H])([2H])c1cc(-n2c3[c-]c(Oc4[c-]c5c(cc4)CCCCC5n4[c](=[Pt])n(-c5c(-c6ccccc6)cc(C(C)(C)C)cc5-c5ccccc5)c5ccccc54)ccc3c3cc(-c4ccccc4)ccc32)ncc1-c1ccccc1. The second-order valence-corrected chi connectivity index (χ2v) is 22.0. The van der Waals surface area contributed by atoms with Crippen LogP contribution >= 0.6 is 0 Å². The van der Waals surface area contributed by atoms with Crippen LogP contribution in [0.3, 0.4) is 0 Å². The molecule has 0 bridgehead atoms. The van der Waals surface area contributed by atoms with Gasteiger partial charge in [-0.3, -0.25) is 0 Å². The Morgan fingerprint density at radius 1 is 0.566 bits per heavy atom. The van der Waals surface area contributed by atoms with Crippen molar-refractivity contribution in [3.8, 4) is 67.5 Å². The van der Waals surface area contributed by atoms with Gasteiger partial charge >= 0.3 is 328 Å². The van der Waals surface area contributed by atoms with Crippen LogP contribution in [0.2, 0.25) is 0 Å². The Morgan fingerprint density at radius 2 is 1.17 bits per heavy atom. The van der Waals surface area contributed by atoms with E-state index in [1.54, 1.807) is 12.3 Å². The van der Waals surface area contributed by atoms with Gasteiger partial charge in [0.05, 0.1) is 0 Å². The zero-order chi connectivity index (χ0) is 54.0. The van der Waals surface area contributed by atoms with E-state index in [0.29, 0.717) is 22.9 Å². The van der Waals surface area contributed by atoms with Crippen LogP contribution in [-0.4, -0.2) is 18.7 Å². The third-order valence-corrected chi connectivity index (χ3v) is 16.2. The Balaban J connectivity index is 0.956. The van der Waals surface area contributed by atoms with Crippen LogP contribution in [0, 0.1) is 22.8 Å². The fraction of sp³-hybridized carbons (Fsp3) is 0.143. The molecular weight excluding hydrogens is 1110 g/mol. The number of hydrogen-bond donors (Lipinski definition) is 0. The van der Waals surface area contributed by atoms with Gasteiger partial charge in [-0.2, -0.15) is 0 Å². The molecule has 374 valence electrons. The number of aryl methyl sites for hydroxylation is 2. The number of rotatable bonds is 9. The summed E-state index contributed by atoms with van der Waals surface area (Å²) in [5, 5.41) is 1.93. The molecule has 0 saturated heterocycles. The Bertz CT molecular complexity index is 4270. The molecule has 6 heteroatoms. The Kier molecular flexibility index (Phi) is 11.4. The van der Waals surface area contributed by atoms with E-state index in [0.717, 1.165) is 90.3 Å². The molecule has 1 aliphatic rings. The number of hydrogen-bond acceptors (Lipinski definition) is 2. The van der Waals surface area contributed by atoms with E-state index in [2.05, 4.69) is 201 Å². The minimum absolute atomic E-state index is 0.0425. The molecular formula is C70H56N4OPt-2. The first-order chi connectivity index (χ1) is 38.4. The van der Waals surface area contributed by atoms with Gasteiger partial charge in [0.1, 0.15) is 0 Å². The Hall–Kier alpha value is -8.11. The number of imidazole rings is 1. The minimum Gasteiger partial charge on any atom is -0.238 e. The molecule has 0 spiro atoms. The Morgan fingerprint density at radius 3 is 1.83 bits per heavy atom. The van der Waals surface area contributed by atoms with Gasteiger partial charge in [-0.05, 0) is 41.2 Å². The molecule has 1 atom stereocenters. The molecule has 0 radical (unpaired) electrons. The van der Waals surface area contributed by atoms with Crippen LogP contribution in [-0.2, 0) is 31.2 Å². The molecule has 0 saturated carbocycles. The van der Waals surface area contributed by atoms with E-state index in [1.807, 2.05) is 65.2 Å². The van der Waals surface area contributed by atoms with E-state index >= 15 is 0 Å². The maximum absolute atomic E-state index is 8.70. The van der Waals surface area contributed by atoms with Crippen molar-refractivity contribution in [2.75, 3.05) is 0 Å². The average molecular weight is 1170 g/mol. The monoisotopic (exact) mass is 1170 g/mol. The summed E-state index contributed by atoms with van der Waals surface area (Å²) in [6.07, 6.45) is 5.69. The number of para-hydroxylation sites is 2. The van der Waals surface area contributed by atoms with Crippen molar-refractivity contribution in [3.63, 3.8) is 0 Å². The molecule has 9 aromatic carbocycles. The molecule has 3 aromatic heterocycles. The average Bonchev–Trinajstić information content (AvgIpc) is 4.10. The smallest absolute Gasteiger partial charge is 0.238 e. The summed E-state index contributed by atoms with van der Waals surface area (Å²) in [6, 6.07) is 79.2. The molecule has 13 rings (SSSR count). The van der Waals surface area contributed by atoms with Crippen LogP contribution in [0.5, 0.6) is 11.5 Å². The summed E-state index contributed by atoms with van der Waals surface area (Å²) in [5.74, 6) is 1.59. The van der Waals surface area contributed by atoms with Crippen LogP contribution in [0.15, 0.2) is 212 Å². The molecule has 76 heavy (non-hydrogen) atoms. The van der Waals surface area contributed by atoms with E-state index in [9.17, 15) is 0 Å². The third kappa shape index (κ3) is 8.57. The molecule has 0 fully saturated rings. The number of nitrogens with zero attached hydrogens (tertiary/aromatic N) is 4. The third-order valence-electron chi connectivity index (χ3n) is 15.1. The molecule has 0 amide bonds. The number of ether oxygens (including phenoxy) is 1. The summed E-state index contributed by atoms with van der Waals surface area (Å²) < 4.78 is 41.2. The fourth-order valence-electron chi connectivity index (χ4n) is 11.3. The summed E-state index contributed by atoms with van der Waals surface area (Å²) in [6.45, 7) is 4.49. The molecule has 3 heterocycles. The van der Waals surface area contributed by atoms with E-state index in [-0.39, 0.29) is 17.0 Å². The van der Waals surface area contributed by atoms with Crippen molar-refractivity contribution in [1.29, 1.82) is 0 Å². The quantitative estimate of drug-likeness (QED) is 0.107. The zero-order valence-electron chi connectivity index (χ0n) is 45.6. The summed E-state index contributed by atoms with van der Waals surface area (Å²) >= 11 is 2.59. The van der Waals surface area contributed by atoms with Gasteiger partial charge in [-0.1, -0.05) is 72.8 Å². The first kappa shape index (κ1) is 44.2. The van der Waals surface area contributed by atoms with Gasteiger partial charge in [-0.15, -0.1) is 0 Å². The number of pyridine rings is 1. The zero-order valence-corrected chi connectivity index (χ0v) is 44.9. The first-order valence-corrected chi connectivity index (χ1v) is 27.3. The second kappa shape index (κ2) is 19.5. The van der Waals surface area contributed by atoms with Crippen LogP contribution in [0.25, 0.3) is 88.9 Å². The van der Waals surface area contributed by atoms with Gasteiger partial charge in [0, 0.05) is 15.9 Å². The predicted octanol–water partition coefficient (Wildman–Crippen LogP) is 18.0. The standard InChI is InChI=1S/C70H56N4O.Pt/c1-47-39-68(71-45-62(47)51-27-15-8-16-28-51)74-64-38-34-53(48-21-9-5-10-22-48)40-61(64)57-37-36-56(44-67(57)74)75-55-35-33-52-29-17-18-30-63(58(52)43-55)72-46-73(66-32-20-19-31-65(66)72)69-59(49-23-11-6-12-24-49)41-54(70(2,3)4)42-60(69)50-25-13-7-14-26-50;/h5-16,19-28,31-42,45,63H,17-18,29-30H2,1-4H3;/q-2;/i1D3;. The summed E-state index contributed by atoms with van der Waals surface area (Å²) in [4.78, 5) is 5.01. The van der Waals surface area contributed by atoms with Gasteiger partial charge < -0.3 is 0 Å². The van der Waals surface area contributed by atoms with Crippen LogP contribution in [0.1, 0.15) is 72.4 Å². The maximum atomic E-state index is 8.70. The topological polar surface area (TPSA) is 36.9 Å². The van der Waals surface area contributed by atoms with Crippen molar-refractivity contribution < 1.29 is 28.2 Å². The Labute approximate surface area is 460 Å². The van der Waals surface area contributed by atoms with Crippen molar-refractivity contribution in [3.05, 3.63) is 251 Å². The van der Waals surface area contributed by atoms with Gasteiger partial charge in [0.2, 0.25) is 0 Å². The number of aromatic nitrogens is 4. The normalized spacial score (nSPS) is 14.5. The minimum atomic E-state index is -2.40. The number of benzene rings is 9. The van der Waals surface area contributed by atoms with E-state index < -0.39 is 6.85 Å². The molecule has 0 N–H and O–H groups in total. The molecule has 1 aliphatic carbocycles. The molecule has 1 unspecified atom stereocenters. The first-order valence-electron chi connectivity index (χ1n) is 27.7. The van der Waals surface area contributed by atoms with Crippen LogP contribution in [0.4, 0.5) is 0 Å². The van der Waals surface area contributed by atoms with Gasteiger partial charge in [0.15, 0.2) is 0 Å². The van der Waals surface area contributed by atoms with E-state index in [4.69, 9.17) is 13.8 Å². The molecule has 12 aromatic rings. The van der Waals surface area contributed by atoms with Crippen molar-refractivity contribution in [2.24, 2.45) is 0 Å². The van der Waals surface area contributed by atoms with Gasteiger partial charge in [-0.25, -0.2) is 4.98 Å².